The maximum absolute atomic E-state index is 10.4. The molecule has 12 heavy (non-hydrogen) atoms. The number of pyridine rings is 1. The smallest absolute Gasteiger partial charge is 0.420 e. The molecule has 0 atom stereocenters. The molecule has 61 valence electrons. The Bertz CT molecular complexity index is 286. The van der Waals surface area contributed by atoms with Gasteiger partial charge in [-0.05, 0) is 12.1 Å². The molecule has 0 spiro atoms. The first-order valence-corrected chi connectivity index (χ1v) is 3.07. The number of nitrogens with zero attached hydrogens (tertiary/aromatic N) is 2. The average molecular weight is 165 g/mol. The van der Waals surface area contributed by atoms with Crippen molar-refractivity contribution in [1.82, 2.24) is 4.98 Å². The summed E-state index contributed by atoms with van der Waals surface area (Å²) in [4.78, 5) is 24.5. The molecule has 5 heteroatoms. The van der Waals surface area contributed by atoms with E-state index in [2.05, 4.69) is 4.98 Å². The zero-order valence-electron chi connectivity index (χ0n) is 5.97. The first kappa shape index (κ1) is 8.19. The largest absolute Gasteiger partial charge is 0.464 e. The van der Waals surface area contributed by atoms with Gasteiger partial charge in [0.25, 0.3) is 0 Å². The summed E-state index contributed by atoms with van der Waals surface area (Å²) in [6.07, 6.45) is 1.23. The Hall–Kier alpha value is -1.91. The molecule has 0 saturated heterocycles. The summed E-state index contributed by atoms with van der Waals surface area (Å²) < 4.78 is 0. The standard InChI is InChI=1S/C7H5N2O3/c10-5-9(7(11)12)6-3-1-2-4-8-6/h1-4H,(H,11,12). The highest BCUT2D eigenvalue weighted by molar-refractivity contribution is 6.01. The molecule has 0 aliphatic rings. The number of aromatic nitrogens is 1. The molecule has 1 rings (SSSR count). The molecule has 0 saturated carbocycles. The van der Waals surface area contributed by atoms with E-state index in [-0.39, 0.29) is 5.82 Å². The van der Waals surface area contributed by atoms with Crippen molar-refractivity contribution in [1.29, 1.82) is 0 Å². The number of imide groups is 1. The molecular weight excluding hydrogens is 160 g/mol. The lowest BCUT2D eigenvalue weighted by Gasteiger charge is -2.06. The van der Waals surface area contributed by atoms with Crippen LogP contribution in [0.4, 0.5) is 10.6 Å². The van der Waals surface area contributed by atoms with E-state index >= 15 is 0 Å². The minimum atomic E-state index is -1.40. The number of carbonyl (C=O) groups is 1. The molecule has 0 aliphatic carbocycles. The fourth-order valence-corrected chi connectivity index (χ4v) is 0.670. The van der Waals surface area contributed by atoms with Crippen molar-refractivity contribution in [3.63, 3.8) is 0 Å². The van der Waals surface area contributed by atoms with Gasteiger partial charge in [0.1, 0.15) is 5.82 Å². The molecule has 0 aliphatic heterocycles. The number of hydrogen-bond acceptors (Lipinski definition) is 3. The summed E-state index contributed by atoms with van der Waals surface area (Å²) in [5, 5.41) is 8.45. The number of carboxylic acid groups (broad SMARTS) is 1. The minimum absolute atomic E-state index is 0.0417. The SMILES string of the molecule is O=[C]N(C(=O)O)c1ccccn1. The fraction of sp³-hybridized carbons (Fsp3) is 0. The molecule has 0 unspecified atom stereocenters. The Kier molecular flexibility index (Phi) is 2.37. The van der Waals surface area contributed by atoms with E-state index in [1.807, 2.05) is 0 Å². The highest BCUT2D eigenvalue weighted by Gasteiger charge is 2.14. The molecular formula is C7H5N2O3. The molecule has 1 aromatic heterocycles. The van der Waals surface area contributed by atoms with Crippen LogP contribution in [-0.2, 0) is 4.79 Å². The van der Waals surface area contributed by atoms with Crippen molar-refractivity contribution < 1.29 is 14.7 Å². The van der Waals surface area contributed by atoms with Gasteiger partial charge in [-0.25, -0.2) is 9.78 Å². The van der Waals surface area contributed by atoms with Gasteiger partial charge in [-0.3, -0.25) is 4.79 Å². The summed E-state index contributed by atoms with van der Waals surface area (Å²) in [7, 11) is 0. The highest BCUT2D eigenvalue weighted by atomic mass is 16.4. The van der Waals surface area contributed by atoms with Gasteiger partial charge in [0, 0.05) is 6.20 Å². The molecule has 0 fully saturated rings. The van der Waals surface area contributed by atoms with Gasteiger partial charge >= 0.3 is 12.5 Å². The zero-order valence-corrected chi connectivity index (χ0v) is 5.97. The number of rotatable bonds is 2. The van der Waals surface area contributed by atoms with Gasteiger partial charge in [0.05, 0.1) is 0 Å². The van der Waals surface area contributed by atoms with Crippen molar-refractivity contribution in [3.8, 4) is 0 Å². The van der Waals surface area contributed by atoms with E-state index in [0.29, 0.717) is 4.90 Å². The number of anilines is 1. The van der Waals surface area contributed by atoms with Crippen LogP contribution in [0, 0.1) is 0 Å². The van der Waals surface area contributed by atoms with Crippen LogP contribution in [0.5, 0.6) is 0 Å². The van der Waals surface area contributed by atoms with Crippen LogP contribution in [0.3, 0.4) is 0 Å². The zero-order chi connectivity index (χ0) is 8.97. The van der Waals surface area contributed by atoms with Crippen LogP contribution < -0.4 is 4.90 Å². The molecule has 1 heterocycles. The lowest BCUT2D eigenvalue weighted by molar-refractivity contribution is 0.205. The van der Waals surface area contributed by atoms with Gasteiger partial charge in [0.15, 0.2) is 0 Å². The Morgan fingerprint density at radius 2 is 2.33 bits per heavy atom. The lowest BCUT2D eigenvalue weighted by Crippen LogP contribution is -2.27. The second kappa shape index (κ2) is 3.47. The Morgan fingerprint density at radius 1 is 1.58 bits per heavy atom. The van der Waals surface area contributed by atoms with E-state index in [1.165, 1.54) is 18.7 Å². The average Bonchev–Trinajstić information content (AvgIpc) is 2.07. The summed E-state index contributed by atoms with van der Waals surface area (Å²) >= 11 is 0. The third kappa shape index (κ3) is 1.57. The van der Waals surface area contributed by atoms with Crippen LogP contribution in [-0.4, -0.2) is 22.6 Å². The molecule has 1 radical (unpaired) electrons. The number of hydrogen-bond donors (Lipinski definition) is 1. The van der Waals surface area contributed by atoms with E-state index in [4.69, 9.17) is 5.11 Å². The van der Waals surface area contributed by atoms with Crippen LogP contribution in [0.15, 0.2) is 24.4 Å². The van der Waals surface area contributed by atoms with Crippen molar-refractivity contribution >= 4 is 18.3 Å². The molecule has 5 nitrogen and oxygen atoms in total. The van der Waals surface area contributed by atoms with E-state index < -0.39 is 6.09 Å². The number of amides is 2. The summed E-state index contributed by atoms with van der Waals surface area (Å²) in [5.41, 5.74) is 0. The third-order valence-electron chi connectivity index (χ3n) is 1.16. The first-order valence-electron chi connectivity index (χ1n) is 3.07. The fourth-order valence-electron chi connectivity index (χ4n) is 0.670. The van der Waals surface area contributed by atoms with Crippen molar-refractivity contribution in [2.24, 2.45) is 0 Å². The quantitative estimate of drug-likeness (QED) is 0.652. The van der Waals surface area contributed by atoms with E-state index in [9.17, 15) is 9.59 Å². The normalized spacial score (nSPS) is 9.00. The number of carbonyl (C=O) groups excluding carboxylic acids is 1. The predicted octanol–water partition coefficient (Wildman–Crippen LogP) is 0.633. The van der Waals surface area contributed by atoms with Gasteiger partial charge in [-0.1, -0.05) is 6.07 Å². The van der Waals surface area contributed by atoms with Crippen molar-refractivity contribution in [2.45, 2.75) is 0 Å². The predicted molar refractivity (Wildman–Crippen MR) is 40.4 cm³/mol. The second-order valence-corrected chi connectivity index (χ2v) is 1.90. The van der Waals surface area contributed by atoms with Crippen LogP contribution in [0.25, 0.3) is 0 Å². The van der Waals surface area contributed by atoms with Crippen molar-refractivity contribution in [2.75, 3.05) is 4.90 Å². The maximum Gasteiger partial charge on any atom is 0.420 e. The first-order chi connectivity index (χ1) is 5.75. The summed E-state index contributed by atoms with van der Waals surface area (Å²) in [6, 6.07) is 4.60. The topological polar surface area (TPSA) is 70.5 Å². The Labute approximate surface area is 68.3 Å². The molecule has 1 aromatic rings. The Balaban J connectivity index is 2.95. The van der Waals surface area contributed by atoms with Gasteiger partial charge in [0.2, 0.25) is 0 Å². The highest BCUT2D eigenvalue weighted by Crippen LogP contribution is 2.06. The lowest BCUT2D eigenvalue weighted by atomic mass is 10.4. The monoisotopic (exact) mass is 165 g/mol. The van der Waals surface area contributed by atoms with Crippen LogP contribution in [0.2, 0.25) is 0 Å². The van der Waals surface area contributed by atoms with Crippen molar-refractivity contribution in [3.05, 3.63) is 24.4 Å². The molecule has 2 amide bonds. The van der Waals surface area contributed by atoms with Crippen LogP contribution >= 0.6 is 0 Å². The van der Waals surface area contributed by atoms with Gasteiger partial charge in [-0.15, -0.1) is 0 Å². The Morgan fingerprint density at radius 3 is 2.75 bits per heavy atom. The third-order valence-corrected chi connectivity index (χ3v) is 1.16. The molecule has 1 N–H and O–H groups in total. The maximum atomic E-state index is 10.4. The molecule has 0 aromatic carbocycles. The van der Waals surface area contributed by atoms with E-state index in [0.717, 1.165) is 0 Å². The summed E-state index contributed by atoms with van der Waals surface area (Å²) in [5.74, 6) is 0.0417. The van der Waals surface area contributed by atoms with E-state index in [1.54, 1.807) is 12.1 Å². The van der Waals surface area contributed by atoms with Gasteiger partial charge < -0.3 is 5.11 Å². The van der Waals surface area contributed by atoms with Gasteiger partial charge in [-0.2, -0.15) is 4.90 Å². The summed E-state index contributed by atoms with van der Waals surface area (Å²) in [6.45, 7) is 0. The minimum Gasteiger partial charge on any atom is -0.464 e. The van der Waals surface area contributed by atoms with Crippen LogP contribution in [0.1, 0.15) is 0 Å². The second-order valence-electron chi connectivity index (χ2n) is 1.90. The molecule has 0 bridgehead atoms.